The minimum Gasteiger partial charge on any atom is -0.478 e. The minimum absolute atomic E-state index is 0.245. The Kier molecular flexibility index (Phi) is 2.49. The van der Waals surface area contributed by atoms with Crippen LogP contribution >= 0.6 is 0 Å². The maximum atomic E-state index is 5.66. The van der Waals surface area contributed by atoms with Gasteiger partial charge in [0.05, 0.1) is 6.61 Å². The third-order valence-corrected chi connectivity index (χ3v) is 2.08. The van der Waals surface area contributed by atoms with Gasteiger partial charge in [0.2, 0.25) is 11.8 Å². The molecule has 2 unspecified atom stereocenters. The monoisotopic (exact) mass is 194 g/mol. The molecule has 1 heterocycles. The van der Waals surface area contributed by atoms with E-state index in [1.54, 1.807) is 12.3 Å². The van der Waals surface area contributed by atoms with Crippen molar-refractivity contribution in [1.29, 1.82) is 0 Å². The zero-order chi connectivity index (χ0) is 9.97. The van der Waals surface area contributed by atoms with E-state index < -0.39 is 0 Å². The van der Waals surface area contributed by atoms with Crippen LogP contribution in [0.3, 0.4) is 0 Å². The van der Waals surface area contributed by atoms with Gasteiger partial charge in [-0.1, -0.05) is 0 Å². The van der Waals surface area contributed by atoms with Gasteiger partial charge in [0.15, 0.2) is 0 Å². The summed E-state index contributed by atoms with van der Waals surface area (Å²) in [7, 11) is 0. The topological polar surface area (TPSA) is 73.1 Å². The molecule has 1 saturated carbocycles. The summed E-state index contributed by atoms with van der Waals surface area (Å²) in [6, 6.07) is 2.31. The molecule has 3 N–H and O–H groups in total. The van der Waals surface area contributed by atoms with Crippen LogP contribution in [0.1, 0.15) is 13.3 Å². The van der Waals surface area contributed by atoms with E-state index in [1.165, 1.54) is 0 Å². The average molecular weight is 194 g/mol. The molecule has 5 nitrogen and oxygen atoms in total. The predicted molar refractivity (Wildman–Crippen MR) is 53.2 cm³/mol. The molecule has 1 aliphatic carbocycles. The van der Waals surface area contributed by atoms with Crippen LogP contribution in [0.25, 0.3) is 0 Å². The highest BCUT2D eigenvalue weighted by molar-refractivity contribution is 5.32. The van der Waals surface area contributed by atoms with Gasteiger partial charge >= 0.3 is 0 Å². The van der Waals surface area contributed by atoms with Crippen molar-refractivity contribution in [2.45, 2.75) is 25.4 Å². The summed E-state index contributed by atoms with van der Waals surface area (Å²) >= 11 is 0. The van der Waals surface area contributed by atoms with Crippen LogP contribution in [0.2, 0.25) is 0 Å². The largest absolute Gasteiger partial charge is 0.478 e. The molecule has 1 fully saturated rings. The summed E-state index contributed by atoms with van der Waals surface area (Å²) in [5.41, 5.74) is 5.66. The quantitative estimate of drug-likeness (QED) is 0.725. The molecule has 2 rings (SSSR count). The third kappa shape index (κ3) is 2.11. The number of nitrogens with zero attached hydrogens (tertiary/aromatic N) is 2. The van der Waals surface area contributed by atoms with E-state index in [-0.39, 0.29) is 6.04 Å². The molecule has 1 aliphatic rings. The second-order valence-electron chi connectivity index (χ2n) is 3.30. The maximum absolute atomic E-state index is 5.66. The lowest BCUT2D eigenvalue weighted by atomic mass is 10.6. The van der Waals surface area contributed by atoms with Gasteiger partial charge in [-0.3, -0.25) is 0 Å². The lowest BCUT2D eigenvalue weighted by Gasteiger charge is -2.05. The highest BCUT2D eigenvalue weighted by atomic mass is 16.5. The van der Waals surface area contributed by atoms with Crippen LogP contribution in [0.15, 0.2) is 12.3 Å². The molecule has 1 aromatic heterocycles. The SMILES string of the molecule is CCOc1ccnc(NC2CC2N)n1. The van der Waals surface area contributed by atoms with E-state index in [4.69, 9.17) is 10.5 Å². The average Bonchev–Trinajstić information content (AvgIpc) is 2.83. The zero-order valence-electron chi connectivity index (χ0n) is 8.10. The molecule has 0 radical (unpaired) electrons. The summed E-state index contributed by atoms with van der Waals surface area (Å²) in [6.45, 7) is 2.53. The number of aromatic nitrogens is 2. The fourth-order valence-corrected chi connectivity index (χ4v) is 1.19. The number of rotatable bonds is 4. The Bertz CT molecular complexity index is 317. The molecule has 0 spiro atoms. The van der Waals surface area contributed by atoms with E-state index in [0.717, 1.165) is 6.42 Å². The Hall–Kier alpha value is -1.36. The number of nitrogens with two attached hydrogens (primary N) is 1. The molecule has 0 amide bonds. The summed E-state index contributed by atoms with van der Waals surface area (Å²) in [5, 5.41) is 3.14. The highest BCUT2D eigenvalue weighted by Gasteiger charge is 2.33. The predicted octanol–water partition coefficient (Wildman–Crippen LogP) is 0.387. The lowest BCUT2D eigenvalue weighted by molar-refractivity contribution is 0.326. The number of ether oxygens (including phenoxy) is 1. The van der Waals surface area contributed by atoms with E-state index in [0.29, 0.717) is 24.5 Å². The van der Waals surface area contributed by atoms with Crippen LogP contribution in [0, 0.1) is 0 Å². The first kappa shape index (κ1) is 9.21. The Morgan fingerprint density at radius 1 is 1.71 bits per heavy atom. The maximum Gasteiger partial charge on any atom is 0.226 e. The van der Waals surface area contributed by atoms with Gasteiger partial charge in [-0.05, 0) is 13.3 Å². The molecule has 5 heteroatoms. The first-order valence-corrected chi connectivity index (χ1v) is 4.77. The Balaban J connectivity index is 1.99. The van der Waals surface area contributed by atoms with Crippen molar-refractivity contribution in [1.82, 2.24) is 9.97 Å². The smallest absolute Gasteiger partial charge is 0.226 e. The number of hydrogen-bond donors (Lipinski definition) is 2. The second kappa shape index (κ2) is 3.79. The van der Waals surface area contributed by atoms with Gasteiger partial charge in [0, 0.05) is 24.3 Å². The van der Waals surface area contributed by atoms with Crippen molar-refractivity contribution in [3.05, 3.63) is 12.3 Å². The minimum atomic E-state index is 0.245. The third-order valence-electron chi connectivity index (χ3n) is 2.08. The van der Waals surface area contributed by atoms with Crippen LogP contribution < -0.4 is 15.8 Å². The van der Waals surface area contributed by atoms with E-state index in [9.17, 15) is 0 Å². The Morgan fingerprint density at radius 3 is 3.14 bits per heavy atom. The fourth-order valence-electron chi connectivity index (χ4n) is 1.19. The normalized spacial score (nSPS) is 24.4. The zero-order valence-corrected chi connectivity index (χ0v) is 8.10. The summed E-state index contributed by atoms with van der Waals surface area (Å²) in [5.74, 6) is 1.19. The number of anilines is 1. The Labute approximate surface area is 82.7 Å². The van der Waals surface area contributed by atoms with Crippen molar-refractivity contribution in [3.63, 3.8) is 0 Å². The Morgan fingerprint density at radius 2 is 2.50 bits per heavy atom. The molecule has 0 saturated heterocycles. The van der Waals surface area contributed by atoms with E-state index >= 15 is 0 Å². The van der Waals surface area contributed by atoms with Crippen LogP contribution in [0.5, 0.6) is 5.88 Å². The molecule has 0 bridgehead atoms. The van der Waals surface area contributed by atoms with Gasteiger partial charge in [0.1, 0.15) is 0 Å². The number of nitrogens with one attached hydrogen (secondary N) is 1. The summed E-state index contributed by atoms with van der Waals surface area (Å²) < 4.78 is 5.25. The van der Waals surface area contributed by atoms with Crippen LogP contribution in [-0.2, 0) is 0 Å². The first-order valence-electron chi connectivity index (χ1n) is 4.77. The van der Waals surface area contributed by atoms with Crippen LogP contribution in [0.4, 0.5) is 5.95 Å². The van der Waals surface area contributed by atoms with Crippen LogP contribution in [-0.4, -0.2) is 28.7 Å². The lowest BCUT2D eigenvalue weighted by Crippen LogP contribution is -2.15. The van der Waals surface area contributed by atoms with Crippen molar-refractivity contribution < 1.29 is 4.74 Å². The highest BCUT2D eigenvalue weighted by Crippen LogP contribution is 2.22. The molecule has 0 aliphatic heterocycles. The molecule has 2 atom stereocenters. The van der Waals surface area contributed by atoms with E-state index in [1.807, 2.05) is 6.92 Å². The van der Waals surface area contributed by atoms with Crippen molar-refractivity contribution in [3.8, 4) is 5.88 Å². The van der Waals surface area contributed by atoms with Gasteiger partial charge in [-0.15, -0.1) is 0 Å². The summed E-state index contributed by atoms with van der Waals surface area (Å²) in [6.07, 6.45) is 2.66. The fraction of sp³-hybridized carbons (Fsp3) is 0.556. The van der Waals surface area contributed by atoms with Gasteiger partial charge in [-0.2, -0.15) is 4.98 Å². The van der Waals surface area contributed by atoms with Crippen molar-refractivity contribution in [2.75, 3.05) is 11.9 Å². The van der Waals surface area contributed by atoms with E-state index in [2.05, 4.69) is 15.3 Å². The first-order chi connectivity index (χ1) is 6.79. The van der Waals surface area contributed by atoms with Gasteiger partial charge < -0.3 is 15.8 Å². The molecule has 1 aromatic rings. The molecular weight excluding hydrogens is 180 g/mol. The molecule has 0 aromatic carbocycles. The number of hydrogen-bond acceptors (Lipinski definition) is 5. The molecular formula is C9H14N4O. The van der Waals surface area contributed by atoms with Gasteiger partial charge in [0.25, 0.3) is 0 Å². The second-order valence-corrected chi connectivity index (χ2v) is 3.30. The molecule has 14 heavy (non-hydrogen) atoms. The molecule has 76 valence electrons. The van der Waals surface area contributed by atoms with Crippen molar-refractivity contribution in [2.24, 2.45) is 5.73 Å². The van der Waals surface area contributed by atoms with Gasteiger partial charge in [-0.25, -0.2) is 4.98 Å². The van der Waals surface area contributed by atoms with Crippen molar-refractivity contribution >= 4 is 5.95 Å². The summed E-state index contributed by atoms with van der Waals surface area (Å²) in [4.78, 5) is 8.26. The standard InChI is InChI=1S/C9H14N4O/c1-2-14-8-3-4-11-9(13-8)12-7-5-6(7)10/h3-4,6-7H,2,5,10H2,1H3,(H,11,12,13).